The summed E-state index contributed by atoms with van der Waals surface area (Å²) in [6.07, 6.45) is 4.95. The molecule has 1 aliphatic carbocycles. The topological polar surface area (TPSA) is 101 Å². The number of fused-ring (bicyclic) bond motifs is 1. The number of rotatable bonds is 5. The van der Waals surface area contributed by atoms with Crippen molar-refractivity contribution in [3.05, 3.63) is 59.2 Å². The molecule has 3 aromatic heterocycles. The maximum absolute atomic E-state index is 13.2. The third-order valence-electron chi connectivity index (χ3n) is 6.10. The molecule has 2 aliphatic rings. The molecular weight excluding hydrogens is 406 g/mol. The number of aromatic nitrogens is 3. The molecule has 0 atom stereocenters. The van der Waals surface area contributed by atoms with E-state index in [0.29, 0.717) is 35.1 Å². The van der Waals surface area contributed by atoms with E-state index >= 15 is 0 Å². The fourth-order valence-corrected chi connectivity index (χ4v) is 4.13. The Balaban J connectivity index is 1.51. The molecule has 0 spiro atoms. The quantitative estimate of drug-likeness (QED) is 0.613. The summed E-state index contributed by atoms with van der Waals surface area (Å²) < 4.78 is 10.6. The summed E-state index contributed by atoms with van der Waals surface area (Å²) in [5.74, 6) is 0.814. The lowest BCUT2D eigenvalue weighted by atomic mass is 10.0. The number of carbonyl (C=O) groups is 1. The first-order chi connectivity index (χ1) is 15.5. The molecule has 1 fully saturated rings. The summed E-state index contributed by atoms with van der Waals surface area (Å²) in [7, 11) is 3.09. The fourth-order valence-electron chi connectivity index (χ4n) is 4.13. The molecule has 0 bridgehead atoms. The van der Waals surface area contributed by atoms with Gasteiger partial charge in [0.1, 0.15) is 0 Å². The van der Waals surface area contributed by atoms with E-state index in [1.807, 2.05) is 25.1 Å². The molecule has 1 aliphatic heterocycles. The molecule has 1 saturated carbocycles. The highest BCUT2D eigenvalue weighted by atomic mass is 16.5. The summed E-state index contributed by atoms with van der Waals surface area (Å²) >= 11 is 0. The number of pyridine rings is 3. The van der Waals surface area contributed by atoms with Gasteiger partial charge in [-0.15, -0.1) is 0 Å². The summed E-state index contributed by atoms with van der Waals surface area (Å²) in [4.78, 5) is 28.4. The van der Waals surface area contributed by atoms with Crippen molar-refractivity contribution in [2.75, 3.05) is 19.1 Å². The highest BCUT2D eigenvalue weighted by Gasteiger charge is 2.46. The predicted octanol–water partition coefficient (Wildman–Crippen LogP) is 3.58. The first-order valence-electron chi connectivity index (χ1n) is 10.3. The zero-order valence-electron chi connectivity index (χ0n) is 18.0. The zero-order valence-corrected chi connectivity index (χ0v) is 18.0. The normalized spacial score (nSPS) is 15.8. The van der Waals surface area contributed by atoms with Crippen molar-refractivity contribution < 1.29 is 14.3 Å². The predicted molar refractivity (Wildman–Crippen MR) is 117 cm³/mol. The van der Waals surface area contributed by atoms with Crippen LogP contribution in [0, 0.1) is 18.3 Å². The molecular formula is C24H21N5O3. The molecule has 0 N–H and O–H groups in total. The molecule has 0 radical (unpaired) electrons. The van der Waals surface area contributed by atoms with Crippen LogP contribution in [0.15, 0.2) is 36.7 Å². The van der Waals surface area contributed by atoms with Crippen LogP contribution in [-0.2, 0) is 12.0 Å². The van der Waals surface area contributed by atoms with Crippen LogP contribution in [0.4, 0.5) is 5.69 Å². The van der Waals surface area contributed by atoms with Gasteiger partial charge in [-0.25, -0.2) is 4.98 Å². The van der Waals surface area contributed by atoms with Crippen LogP contribution in [0.1, 0.15) is 40.2 Å². The lowest BCUT2D eigenvalue weighted by Gasteiger charge is -2.17. The second-order valence-electron chi connectivity index (χ2n) is 8.07. The van der Waals surface area contributed by atoms with E-state index in [1.54, 1.807) is 30.5 Å². The van der Waals surface area contributed by atoms with Gasteiger partial charge in [0.2, 0.25) is 0 Å². The Bertz CT molecular complexity index is 1290. The van der Waals surface area contributed by atoms with E-state index in [2.05, 4.69) is 16.0 Å². The number of nitriles is 1. The van der Waals surface area contributed by atoms with Crippen molar-refractivity contribution in [2.24, 2.45) is 0 Å². The molecule has 8 heteroatoms. The van der Waals surface area contributed by atoms with Crippen LogP contribution in [0.5, 0.6) is 11.6 Å². The van der Waals surface area contributed by atoms with Crippen molar-refractivity contribution in [1.29, 1.82) is 5.26 Å². The highest BCUT2D eigenvalue weighted by Crippen LogP contribution is 2.47. The van der Waals surface area contributed by atoms with Crippen LogP contribution in [-0.4, -0.2) is 35.1 Å². The van der Waals surface area contributed by atoms with E-state index in [9.17, 15) is 10.1 Å². The average molecular weight is 427 g/mol. The Morgan fingerprint density at radius 3 is 2.66 bits per heavy atom. The van der Waals surface area contributed by atoms with Crippen molar-refractivity contribution in [3.8, 4) is 29.0 Å². The van der Waals surface area contributed by atoms with E-state index in [1.165, 1.54) is 7.11 Å². The van der Waals surface area contributed by atoms with Crippen molar-refractivity contribution >= 4 is 11.6 Å². The van der Waals surface area contributed by atoms with Crippen LogP contribution in [0.2, 0.25) is 0 Å². The number of amides is 1. The molecule has 5 rings (SSSR count). The van der Waals surface area contributed by atoms with E-state index in [0.717, 1.165) is 35.3 Å². The Hall–Kier alpha value is -3.99. The second-order valence-corrected chi connectivity index (χ2v) is 8.07. The summed E-state index contributed by atoms with van der Waals surface area (Å²) in [6, 6.07) is 9.73. The molecule has 0 unspecified atom stereocenters. The van der Waals surface area contributed by atoms with Crippen molar-refractivity contribution in [3.63, 3.8) is 0 Å². The van der Waals surface area contributed by atoms with Crippen molar-refractivity contribution in [2.45, 2.75) is 31.7 Å². The summed E-state index contributed by atoms with van der Waals surface area (Å²) in [5, 5.41) is 9.50. The van der Waals surface area contributed by atoms with Crippen LogP contribution in [0.3, 0.4) is 0 Å². The highest BCUT2D eigenvalue weighted by molar-refractivity contribution is 6.10. The van der Waals surface area contributed by atoms with E-state index in [-0.39, 0.29) is 5.91 Å². The molecule has 0 saturated heterocycles. The minimum atomic E-state index is -0.507. The minimum Gasteiger partial charge on any atom is -0.491 e. The number of nitrogens with zero attached hydrogens (tertiary/aromatic N) is 5. The maximum atomic E-state index is 13.2. The van der Waals surface area contributed by atoms with Crippen molar-refractivity contribution in [1.82, 2.24) is 15.0 Å². The third-order valence-corrected chi connectivity index (χ3v) is 6.10. The van der Waals surface area contributed by atoms with Gasteiger partial charge in [-0.2, -0.15) is 5.26 Å². The standard InChI is InChI=1S/C24H21N5O3/c1-14-8-17(15-9-19(31-2)22(32-3)27-11-15)28-18-12-29(23(30)21(14)18)16-4-7-26-20(10-16)24(13-25)5-6-24/h4,7-11H,5-6,12H2,1-3H3. The van der Waals surface area contributed by atoms with Gasteiger partial charge in [-0.05, 0) is 49.6 Å². The van der Waals surface area contributed by atoms with E-state index in [4.69, 9.17) is 14.5 Å². The second kappa shape index (κ2) is 7.31. The number of methoxy groups -OCH3 is 2. The van der Waals surface area contributed by atoms with Gasteiger partial charge in [-0.3, -0.25) is 14.8 Å². The summed E-state index contributed by atoms with van der Waals surface area (Å²) in [5.41, 5.74) is 4.60. The smallest absolute Gasteiger partial charge is 0.260 e. The third kappa shape index (κ3) is 3.05. The number of hydrogen-bond donors (Lipinski definition) is 0. The molecule has 160 valence electrons. The van der Waals surface area contributed by atoms with Gasteiger partial charge >= 0.3 is 0 Å². The SMILES string of the molecule is COc1cc(-c2cc(C)c3c(n2)CN(c2ccnc(C4(C#N)CC4)c2)C3=O)cnc1OC. The number of anilines is 1. The Morgan fingerprint density at radius 1 is 1.16 bits per heavy atom. The number of hydrogen-bond acceptors (Lipinski definition) is 7. The average Bonchev–Trinajstić information content (AvgIpc) is 3.56. The largest absolute Gasteiger partial charge is 0.491 e. The molecule has 8 nitrogen and oxygen atoms in total. The lowest BCUT2D eigenvalue weighted by molar-refractivity contribution is 0.0996. The number of carbonyl (C=O) groups excluding carboxylic acids is 1. The Labute approximate surface area is 185 Å². The zero-order chi connectivity index (χ0) is 22.5. The maximum Gasteiger partial charge on any atom is 0.260 e. The number of aryl methyl sites for hydroxylation is 1. The summed E-state index contributed by atoms with van der Waals surface area (Å²) in [6.45, 7) is 2.26. The molecule has 1 amide bonds. The molecule has 3 aromatic rings. The molecule has 4 heterocycles. The van der Waals surface area contributed by atoms with Gasteiger partial charge < -0.3 is 14.4 Å². The van der Waals surface area contributed by atoms with Gasteiger partial charge in [0.05, 0.1) is 54.9 Å². The Morgan fingerprint density at radius 2 is 1.97 bits per heavy atom. The fraction of sp³-hybridized carbons (Fsp3) is 0.292. The van der Waals surface area contributed by atoms with Gasteiger partial charge in [0.15, 0.2) is 5.75 Å². The van der Waals surface area contributed by atoms with Gasteiger partial charge in [-0.1, -0.05) is 0 Å². The Kier molecular flexibility index (Phi) is 4.55. The molecule has 32 heavy (non-hydrogen) atoms. The first kappa shape index (κ1) is 19.9. The lowest BCUT2D eigenvalue weighted by Crippen LogP contribution is -2.24. The monoisotopic (exact) mass is 427 g/mol. The van der Waals surface area contributed by atoms with Crippen LogP contribution < -0.4 is 14.4 Å². The van der Waals surface area contributed by atoms with Gasteiger partial charge in [0, 0.05) is 23.6 Å². The minimum absolute atomic E-state index is 0.0964. The molecule has 0 aromatic carbocycles. The number of ether oxygens (including phenoxy) is 2. The van der Waals surface area contributed by atoms with Crippen LogP contribution in [0.25, 0.3) is 11.3 Å². The van der Waals surface area contributed by atoms with Gasteiger partial charge in [0.25, 0.3) is 11.8 Å². The van der Waals surface area contributed by atoms with Crippen LogP contribution >= 0.6 is 0 Å². The first-order valence-corrected chi connectivity index (χ1v) is 10.3. The van der Waals surface area contributed by atoms with E-state index < -0.39 is 5.41 Å².